The minimum Gasteiger partial charge on any atom is -0.467 e. The van der Waals surface area contributed by atoms with E-state index in [1.54, 1.807) is 23.4 Å². The molecule has 1 amide bonds. The normalized spacial score (nSPS) is 16.3. The topological polar surface area (TPSA) is 58.4 Å². The first-order chi connectivity index (χ1) is 11.7. The summed E-state index contributed by atoms with van der Waals surface area (Å²) < 4.78 is 6.38. The Morgan fingerprint density at radius 3 is 2.92 bits per heavy atom. The van der Waals surface area contributed by atoms with E-state index in [1.165, 1.54) is 0 Å². The van der Waals surface area contributed by atoms with Crippen LogP contribution in [0.3, 0.4) is 0 Å². The molecule has 0 bridgehead atoms. The molecule has 0 saturated heterocycles. The number of hydrogen-bond acceptors (Lipinski definition) is 4. The van der Waals surface area contributed by atoms with Crippen molar-refractivity contribution < 1.29 is 9.21 Å². The van der Waals surface area contributed by atoms with E-state index >= 15 is 0 Å². The van der Waals surface area contributed by atoms with Crippen molar-refractivity contribution in [2.45, 2.75) is 12.7 Å². The maximum absolute atomic E-state index is 12.8. The minimum absolute atomic E-state index is 0.0537. The lowest BCUT2D eigenvalue weighted by Gasteiger charge is -2.25. The van der Waals surface area contributed by atoms with Gasteiger partial charge < -0.3 is 14.6 Å². The minimum atomic E-state index is -0.340. The summed E-state index contributed by atoms with van der Waals surface area (Å²) in [5, 5.41) is 3.40. The van der Waals surface area contributed by atoms with Gasteiger partial charge in [-0.25, -0.2) is 0 Å². The van der Waals surface area contributed by atoms with Crippen LogP contribution in [0.2, 0.25) is 0 Å². The van der Waals surface area contributed by atoms with Gasteiger partial charge in [0.1, 0.15) is 11.9 Å². The van der Waals surface area contributed by atoms with Gasteiger partial charge in [0.15, 0.2) is 0 Å². The molecule has 1 atom stereocenters. The van der Waals surface area contributed by atoms with Gasteiger partial charge in [-0.15, -0.1) is 0 Å². The second-order valence-electron chi connectivity index (χ2n) is 5.51. The van der Waals surface area contributed by atoms with Crippen molar-refractivity contribution in [3.8, 4) is 0 Å². The van der Waals surface area contributed by atoms with Gasteiger partial charge in [-0.1, -0.05) is 22.0 Å². The number of hydrogen-bond donors (Lipinski definition) is 1. The van der Waals surface area contributed by atoms with E-state index in [2.05, 4.69) is 26.2 Å². The fraction of sp³-hybridized carbons (Fsp3) is 0.111. The number of fused-ring (bicyclic) bond motifs is 1. The fourth-order valence-corrected chi connectivity index (χ4v) is 3.25. The summed E-state index contributed by atoms with van der Waals surface area (Å²) in [4.78, 5) is 18.9. The molecule has 1 unspecified atom stereocenters. The summed E-state index contributed by atoms with van der Waals surface area (Å²) in [6, 6.07) is 15.1. The van der Waals surface area contributed by atoms with E-state index < -0.39 is 0 Å². The summed E-state index contributed by atoms with van der Waals surface area (Å²) in [5.74, 6) is 0.680. The molecule has 4 rings (SSSR count). The third kappa shape index (κ3) is 2.69. The largest absolute Gasteiger partial charge is 0.467 e. The number of benzene rings is 1. The molecule has 2 aromatic heterocycles. The van der Waals surface area contributed by atoms with Crippen LogP contribution in [0.5, 0.6) is 0 Å². The van der Waals surface area contributed by atoms with E-state index in [1.807, 2.05) is 42.5 Å². The molecule has 3 aromatic rings. The summed E-state index contributed by atoms with van der Waals surface area (Å²) in [6.45, 7) is 0.383. The van der Waals surface area contributed by atoms with Crippen molar-refractivity contribution in [2.24, 2.45) is 0 Å². The van der Waals surface area contributed by atoms with Crippen LogP contribution in [0.4, 0.5) is 5.69 Å². The summed E-state index contributed by atoms with van der Waals surface area (Å²) in [7, 11) is 0. The Kier molecular flexibility index (Phi) is 3.82. The Morgan fingerprint density at radius 1 is 1.21 bits per heavy atom. The van der Waals surface area contributed by atoms with Gasteiger partial charge in [-0.3, -0.25) is 9.78 Å². The van der Waals surface area contributed by atoms with Gasteiger partial charge in [0, 0.05) is 16.4 Å². The molecule has 0 saturated carbocycles. The highest BCUT2D eigenvalue weighted by Crippen LogP contribution is 2.34. The Hall–Kier alpha value is -2.60. The lowest BCUT2D eigenvalue weighted by Crippen LogP contribution is -2.31. The number of halogens is 1. The maximum Gasteiger partial charge on any atom is 0.258 e. The predicted molar refractivity (Wildman–Crippen MR) is 93.3 cm³/mol. The van der Waals surface area contributed by atoms with Crippen molar-refractivity contribution in [3.63, 3.8) is 0 Å². The van der Waals surface area contributed by atoms with Crippen molar-refractivity contribution in [1.82, 2.24) is 9.88 Å². The van der Waals surface area contributed by atoms with Gasteiger partial charge in [0.2, 0.25) is 0 Å². The van der Waals surface area contributed by atoms with Crippen LogP contribution in [0.15, 0.2) is 69.9 Å². The van der Waals surface area contributed by atoms with E-state index in [9.17, 15) is 4.79 Å². The molecule has 3 heterocycles. The number of anilines is 1. The summed E-state index contributed by atoms with van der Waals surface area (Å²) >= 11 is 3.47. The molecule has 24 heavy (non-hydrogen) atoms. The molecule has 0 aliphatic carbocycles. The molecule has 1 aromatic carbocycles. The van der Waals surface area contributed by atoms with Crippen molar-refractivity contribution in [1.29, 1.82) is 0 Å². The quantitative estimate of drug-likeness (QED) is 0.733. The Bertz CT molecular complexity index is 879. The van der Waals surface area contributed by atoms with E-state index in [0.717, 1.165) is 21.6 Å². The number of rotatable bonds is 4. The summed E-state index contributed by atoms with van der Waals surface area (Å²) in [5.41, 5.74) is 2.26. The first-order valence-electron chi connectivity index (χ1n) is 7.53. The van der Waals surface area contributed by atoms with Crippen LogP contribution in [0.25, 0.3) is 0 Å². The van der Waals surface area contributed by atoms with Crippen molar-refractivity contribution in [3.05, 3.63) is 82.5 Å². The lowest BCUT2D eigenvalue weighted by atomic mass is 10.2. The summed E-state index contributed by atoms with van der Waals surface area (Å²) in [6.07, 6.45) is 2.98. The molecular weight excluding hydrogens is 370 g/mol. The third-order valence-electron chi connectivity index (χ3n) is 3.93. The lowest BCUT2D eigenvalue weighted by molar-refractivity contribution is 0.0714. The van der Waals surface area contributed by atoms with Crippen LogP contribution >= 0.6 is 15.9 Å². The number of pyridine rings is 1. The molecule has 0 radical (unpaired) electrons. The number of nitrogens with one attached hydrogen (secondary N) is 1. The van der Waals surface area contributed by atoms with Gasteiger partial charge in [-0.05, 0) is 42.5 Å². The standard InChI is InChI=1S/C18H14BrN3O2/c19-12-4-1-5-13(10-12)21-17-16-15(7-2-8-20-16)18(23)22(17)11-14-6-3-9-24-14/h1-10,17,21H,11H2. The fourth-order valence-electron chi connectivity index (χ4n) is 2.85. The molecule has 1 aliphatic rings. The Labute approximate surface area is 147 Å². The van der Waals surface area contributed by atoms with Crippen molar-refractivity contribution >= 4 is 27.5 Å². The van der Waals surface area contributed by atoms with Crippen LogP contribution in [-0.2, 0) is 6.54 Å². The molecule has 0 fully saturated rings. The van der Waals surface area contributed by atoms with Gasteiger partial charge >= 0.3 is 0 Å². The van der Waals surface area contributed by atoms with Crippen LogP contribution in [0, 0.1) is 0 Å². The number of nitrogens with zero attached hydrogens (tertiary/aromatic N) is 2. The van der Waals surface area contributed by atoms with Crippen LogP contribution < -0.4 is 5.32 Å². The average molecular weight is 384 g/mol. The second kappa shape index (κ2) is 6.13. The zero-order chi connectivity index (χ0) is 16.5. The van der Waals surface area contributed by atoms with Crippen molar-refractivity contribution in [2.75, 3.05) is 5.32 Å². The highest BCUT2D eigenvalue weighted by molar-refractivity contribution is 9.10. The zero-order valence-electron chi connectivity index (χ0n) is 12.6. The molecule has 120 valence electrons. The number of furan rings is 1. The maximum atomic E-state index is 12.8. The van der Waals surface area contributed by atoms with Gasteiger partial charge in [0.25, 0.3) is 5.91 Å². The number of aromatic nitrogens is 1. The first-order valence-corrected chi connectivity index (χ1v) is 8.32. The van der Waals surface area contributed by atoms with E-state index in [-0.39, 0.29) is 12.1 Å². The highest BCUT2D eigenvalue weighted by Gasteiger charge is 2.38. The Balaban J connectivity index is 1.70. The molecule has 0 spiro atoms. The molecular formula is C18H14BrN3O2. The zero-order valence-corrected chi connectivity index (χ0v) is 14.2. The van der Waals surface area contributed by atoms with Gasteiger partial charge in [0.05, 0.1) is 24.1 Å². The number of amides is 1. The molecule has 1 N–H and O–H groups in total. The molecule has 6 heteroatoms. The van der Waals surface area contributed by atoms with E-state index in [0.29, 0.717) is 12.1 Å². The van der Waals surface area contributed by atoms with Crippen LogP contribution in [0.1, 0.15) is 28.0 Å². The monoisotopic (exact) mass is 383 g/mol. The van der Waals surface area contributed by atoms with E-state index in [4.69, 9.17) is 4.42 Å². The number of carbonyl (C=O) groups excluding carboxylic acids is 1. The highest BCUT2D eigenvalue weighted by atomic mass is 79.9. The molecule has 5 nitrogen and oxygen atoms in total. The second-order valence-corrected chi connectivity index (χ2v) is 6.42. The molecule has 1 aliphatic heterocycles. The third-order valence-corrected chi connectivity index (χ3v) is 4.43. The number of carbonyl (C=O) groups is 1. The van der Waals surface area contributed by atoms with Gasteiger partial charge in [-0.2, -0.15) is 0 Å². The SMILES string of the molecule is O=C1c2cccnc2C(Nc2cccc(Br)c2)N1Cc1ccco1. The first kappa shape index (κ1) is 15.0. The Morgan fingerprint density at radius 2 is 2.12 bits per heavy atom. The average Bonchev–Trinajstić information content (AvgIpc) is 3.18. The van der Waals surface area contributed by atoms with Crippen LogP contribution in [-0.4, -0.2) is 15.8 Å². The smallest absolute Gasteiger partial charge is 0.258 e. The predicted octanol–water partition coefficient (Wildman–Crippen LogP) is 4.20.